The highest BCUT2D eigenvalue weighted by molar-refractivity contribution is 7.16. The van der Waals surface area contributed by atoms with Crippen molar-refractivity contribution in [2.24, 2.45) is 11.3 Å². The zero-order valence-electron chi connectivity index (χ0n) is 11.0. The molecule has 0 N–H and O–H groups in total. The van der Waals surface area contributed by atoms with E-state index in [9.17, 15) is 4.79 Å². The van der Waals surface area contributed by atoms with Crippen molar-refractivity contribution in [3.8, 4) is 0 Å². The largest absolute Gasteiger partial charge is 0.299 e. The summed E-state index contributed by atoms with van der Waals surface area (Å²) in [6.07, 6.45) is 2.29. The fraction of sp³-hybridized carbons (Fsp3) is 0.643. The lowest BCUT2D eigenvalue weighted by molar-refractivity contribution is -0.119. The van der Waals surface area contributed by atoms with Gasteiger partial charge in [-0.05, 0) is 29.9 Å². The molecule has 0 bridgehead atoms. The highest BCUT2D eigenvalue weighted by atomic mass is 35.5. The van der Waals surface area contributed by atoms with Crippen molar-refractivity contribution < 1.29 is 4.79 Å². The van der Waals surface area contributed by atoms with Crippen LogP contribution in [0.25, 0.3) is 0 Å². The first kappa shape index (κ1) is 14.7. The Kier molecular flexibility index (Phi) is 5.21. The van der Waals surface area contributed by atoms with Crippen LogP contribution in [-0.4, -0.2) is 5.78 Å². The van der Waals surface area contributed by atoms with Crippen molar-refractivity contribution in [3.05, 3.63) is 21.3 Å². The number of ketones is 1. The average molecular weight is 273 g/mol. The monoisotopic (exact) mass is 272 g/mol. The summed E-state index contributed by atoms with van der Waals surface area (Å²) in [6, 6.07) is 3.80. The van der Waals surface area contributed by atoms with Crippen LogP contribution < -0.4 is 0 Å². The topological polar surface area (TPSA) is 17.1 Å². The van der Waals surface area contributed by atoms with Crippen molar-refractivity contribution in [2.75, 3.05) is 0 Å². The Balaban J connectivity index is 2.39. The first-order valence-electron chi connectivity index (χ1n) is 6.02. The molecule has 3 heteroatoms. The van der Waals surface area contributed by atoms with Gasteiger partial charge in [0.25, 0.3) is 0 Å². The molecule has 0 saturated carbocycles. The van der Waals surface area contributed by atoms with E-state index in [4.69, 9.17) is 11.6 Å². The summed E-state index contributed by atoms with van der Waals surface area (Å²) < 4.78 is 0.760. The van der Waals surface area contributed by atoms with Gasteiger partial charge in [0.05, 0.1) is 4.34 Å². The van der Waals surface area contributed by atoms with Gasteiger partial charge in [0, 0.05) is 17.7 Å². The Morgan fingerprint density at radius 1 is 1.41 bits per heavy atom. The highest BCUT2D eigenvalue weighted by Gasteiger charge is 2.18. The summed E-state index contributed by atoms with van der Waals surface area (Å²) in [5.41, 5.74) is 0.298. The molecule has 1 nitrogen and oxygen atoms in total. The number of hydrogen-bond acceptors (Lipinski definition) is 2. The maximum atomic E-state index is 11.9. The Labute approximate surface area is 113 Å². The van der Waals surface area contributed by atoms with Gasteiger partial charge in [-0.3, -0.25) is 4.79 Å². The molecular formula is C14H21ClOS. The lowest BCUT2D eigenvalue weighted by Crippen LogP contribution is -2.15. The van der Waals surface area contributed by atoms with Gasteiger partial charge in [0.1, 0.15) is 5.78 Å². The minimum absolute atomic E-state index is 0.298. The number of carbonyl (C=O) groups excluding carboxylic acids is 1. The van der Waals surface area contributed by atoms with Crippen LogP contribution in [0.2, 0.25) is 4.34 Å². The van der Waals surface area contributed by atoms with E-state index in [0.29, 0.717) is 30.0 Å². The quantitative estimate of drug-likeness (QED) is 0.739. The molecule has 0 aliphatic rings. The predicted molar refractivity (Wildman–Crippen MR) is 75.9 cm³/mol. The van der Waals surface area contributed by atoms with E-state index in [2.05, 4.69) is 27.7 Å². The van der Waals surface area contributed by atoms with Crippen molar-refractivity contribution in [1.82, 2.24) is 0 Å². The van der Waals surface area contributed by atoms with Crippen LogP contribution in [0.15, 0.2) is 12.1 Å². The molecule has 17 heavy (non-hydrogen) atoms. The van der Waals surface area contributed by atoms with Gasteiger partial charge >= 0.3 is 0 Å². The lowest BCUT2D eigenvalue weighted by Gasteiger charge is -2.22. The molecule has 1 aromatic heterocycles. The number of thiophene rings is 1. The Bertz CT molecular complexity index is 376. The van der Waals surface area contributed by atoms with Crippen molar-refractivity contribution in [3.63, 3.8) is 0 Å². The van der Waals surface area contributed by atoms with Crippen LogP contribution >= 0.6 is 22.9 Å². The molecule has 96 valence electrons. The summed E-state index contributed by atoms with van der Waals surface area (Å²) in [5.74, 6) is 0.776. The molecule has 0 spiro atoms. The van der Waals surface area contributed by atoms with E-state index in [0.717, 1.165) is 15.6 Å². The smallest absolute Gasteiger partial charge is 0.138 e. The molecule has 1 rings (SSSR count). The minimum Gasteiger partial charge on any atom is -0.299 e. The van der Waals surface area contributed by atoms with E-state index in [1.807, 2.05) is 12.1 Å². The third-order valence-corrected chi connectivity index (χ3v) is 3.77. The second kappa shape index (κ2) is 6.01. The van der Waals surface area contributed by atoms with Gasteiger partial charge in [0.15, 0.2) is 0 Å². The van der Waals surface area contributed by atoms with E-state index in [-0.39, 0.29) is 0 Å². The molecule has 1 heterocycles. The van der Waals surface area contributed by atoms with Crippen molar-refractivity contribution >= 4 is 28.7 Å². The summed E-state index contributed by atoms with van der Waals surface area (Å²) in [7, 11) is 0. The van der Waals surface area contributed by atoms with Crippen molar-refractivity contribution in [2.45, 2.75) is 47.0 Å². The average Bonchev–Trinajstić information content (AvgIpc) is 2.46. The fourth-order valence-corrected chi connectivity index (χ4v) is 3.34. The van der Waals surface area contributed by atoms with E-state index in [1.54, 1.807) is 0 Å². The molecule has 0 saturated heterocycles. The van der Waals surface area contributed by atoms with Gasteiger partial charge in [0.2, 0.25) is 0 Å². The Morgan fingerprint density at radius 2 is 2.06 bits per heavy atom. The number of hydrogen-bond donors (Lipinski definition) is 0. The van der Waals surface area contributed by atoms with Gasteiger partial charge < -0.3 is 0 Å². The number of halogens is 1. The SMILES string of the molecule is CC(CC(=O)Cc1ccc(Cl)s1)CC(C)(C)C. The van der Waals surface area contributed by atoms with Gasteiger partial charge in [-0.1, -0.05) is 39.3 Å². The van der Waals surface area contributed by atoms with Crippen LogP contribution in [0.1, 0.15) is 45.4 Å². The normalized spacial score (nSPS) is 13.7. The minimum atomic E-state index is 0.298. The summed E-state index contributed by atoms with van der Waals surface area (Å²) in [4.78, 5) is 13.0. The number of rotatable bonds is 5. The fourth-order valence-electron chi connectivity index (χ4n) is 2.22. The third kappa shape index (κ3) is 6.23. The van der Waals surface area contributed by atoms with Crippen LogP contribution in [0.5, 0.6) is 0 Å². The molecule has 0 amide bonds. The van der Waals surface area contributed by atoms with E-state index < -0.39 is 0 Å². The van der Waals surface area contributed by atoms with Crippen LogP contribution in [0.4, 0.5) is 0 Å². The molecular weight excluding hydrogens is 252 g/mol. The molecule has 1 aromatic rings. The maximum absolute atomic E-state index is 11.9. The summed E-state index contributed by atoms with van der Waals surface area (Å²) in [5, 5.41) is 0. The Morgan fingerprint density at radius 3 is 2.53 bits per heavy atom. The second-order valence-corrected chi connectivity index (χ2v) is 7.79. The zero-order valence-corrected chi connectivity index (χ0v) is 12.6. The van der Waals surface area contributed by atoms with Gasteiger partial charge in [-0.2, -0.15) is 0 Å². The third-order valence-electron chi connectivity index (χ3n) is 2.54. The van der Waals surface area contributed by atoms with Gasteiger partial charge in [-0.25, -0.2) is 0 Å². The maximum Gasteiger partial charge on any atom is 0.138 e. The van der Waals surface area contributed by atoms with E-state index >= 15 is 0 Å². The number of Topliss-reactive ketones (excluding diaryl/α,β-unsaturated/α-hetero) is 1. The summed E-state index contributed by atoms with van der Waals surface area (Å²) >= 11 is 7.34. The molecule has 0 fully saturated rings. The van der Waals surface area contributed by atoms with Crippen LogP contribution in [0.3, 0.4) is 0 Å². The van der Waals surface area contributed by atoms with Crippen LogP contribution in [-0.2, 0) is 11.2 Å². The predicted octanol–water partition coefficient (Wildman–Crippen LogP) is 4.98. The second-order valence-electron chi connectivity index (χ2n) is 6.00. The molecule has 0 aliphatic heterocycles. The highest BCUT2D eigenvalue weighted by Crippen LogP contribution is 2.27. The van der Waals surface area contributed by atoms with E-state index in [1.165, 1.54) is 11.3 Å². The first-order chi connectivity index (χ1) is 7.76. The summed E-state index contributed by atoms with van der Waals surface area (Å²) in [6.45, 7) is 8.80. The van der Waals surface area contributed by atoms with Crippen molar-refractivity contribution in [1.29, 1.82) is 0 Å². The van der Waals surface area contributed by atoms with Gasteiger partial charge in [-0.15, -0.1) is 11.3 Å². The standard InChI is InChI=1S/C14H21ClOS/c1-10(9-14(2,3)4)7-11(16)8-12-5-6-13(15)17-12/h5-6,10H,7-9H2,1-4H3. The molecule has 1 unspecified atom stereocenters. The molecule has 0 aliphatic carbocycles. The molecule has 0 radical (unpaired) electrons. The Hall–Kier alpha value is -0.340. The lowest BCUT2D eigenvalue weighted by atomic mass is 9.83. The first-order valence-corrected chi connectivity index (χ1v) is 7.21. The molecule has 1 atom stereocenters. The molecule has 0 aromatic carbocycles. The van der Waals surface area contributed by atoms with Crippen LogP contribution in [0, 0.1) is 11.3 Å². The zero-order chi connectivity index (χ0) is 13.1. The number of carbonyl (C=O) groups is 1.